The molecule has 3 N–H and O–H groups in total. The van der Waals surface area contributed by atoms with Crippen LogP contribution < -0.4 is 11.3 Å². The molecule has 14 heavy (non-hydrogen) atoms. The third kappa shape index (κ3) is 3.28. The van der Waals surface area contributed by atoms with Crippen molar-refractivity contribution in [1.29, 1.82) is 0 Å². The first-order chi connectivity index (χ1) is 6.74. The van der Waals surface area contributed by atoms with E-state index >= 15 is 0 Å². The number of allylic oxidation sites excluding steroid dienone is 1. The highest BCUT2D eigenvalue weighted by Crippen LogP contribution is 2.18. The van der Waals surface area contributed by atoms with E-state index in [0.717, 1.165) is 12.8 Å². The second-order valence-corrected chi connectivity index (χ2v) is 3.50. The van der Waals surface area contributed by atoms with Crippen LogP contribution in [-0.2, 0) is 0 Å². The lowest BCUT2D eigenvalue weighted by atomic mass is 10.0. The molecule has 3 heteroatoms. The molecule has 0 aliphatic rings. The zero-order chi connectivity index (χ0) is 10.4. The van der Waals surface area contributed by atoms with Crippen LogP contribution in [0.1, 0.15) is 31.4 Å². The van der Waals surface area contributed by atoms with E-state index in [0.29, 0.717) is 0 Å². The van der Waals surface area contributed by atoms with Crippen LogP contribution in [0.2, 0.25) is 0 Å². The van der Waals surface area contributed by atoms with E-state index in [1.807, 2.05) is 19.1 Å². The Labute approximate surface area is 85.0 Å². The lowest BCUT2D eigenvalue weighted by Gasteiger charge is -2.15. The predicted molar refractivity (Wildman–Crippen MR) is 58.3 cm³/mol. The number of hydrogen-bond donors (Lipinski definition) is 2. The van der Waals surface area contributed by atoms with Crippen LogP contribution in [0, 0.1) is 0 Å². The minimum Gasteiger partial charge on any atom is -0.271 e. The van der Waals surface area contributed by atoms with Gasteiger partial charge in [-0.25, -0.2) is 0 Å². The molecule has 0 amide bonds. The van der Waals surface area contributed by atoms with Gasteiger partial charge >= 0.3 is 0 Å². The highest BCUT2D eigenvalue weighted by atomic mass is 15.2. The van der Waals surface area contributed by atoms with E-state index in [1.165, 1.54) is 11.1 Å². The summed E-state index contributed by atoms with van der Waals surface area (Å²) in [5, 5.41) is 0. The maximum absolute atomic E-state index is 5.49. The average molecular weight is 191 g/mol. The molecule has 0 saturated heterocycles. The van der Waals surface area contributed by atoms with E-state index in [2.05, 4.69) is 17.0 Å². The Morgan fingerprint density at radius 1 is 1.57 bits per heavy atom. The van der Waals surface area contributed by atoms with Gasteiger partial charge in [-0.2, -0.15) is 0 Å². The molecule has 0 spiro atoms. The smallest absolute Gasteiger partial charge is 0.0464 e. The second kappa shape index (κ2) is 5.52. The third-order valence-electron chi connectivity index (χ3n) is 2.17. The fraction of sp³-hybridized carbons (Fsp3) is 0.364. The fourth-order valence-corrected chi connectivity index (χ4v) is 1.33. The van der Waals surface area contributed by atoms with Crippen molar-refractivity contribution in [3.8, 4) is 0 Å². The van der Waals surface area contributed by atoms with Crippen molar-refractivity contribution in [2.75, 3.05) is 0 Å². The standard InChI is InChI=1S/C11H17N3/c1-9(2)3-4-11(14-12)10-5-7-13-8-6-10/h5-8,11,14H,1,3-4,12H2,2H3. The minimum atomic E-state index is 0.190. The van der Waals surface area contributed by atoms with Crippen LogP contribution in [-0.4, -0.2) is 4.98 Å². The van der Waals surface area contributed by atoms with Crippen molar-refractivity contribution in [1.82, 2.24) is 10.4 Å². The van der Waals surface area contributed by atoms with Gasteiger partial charge in [0.15, 0.2) is 0 Å². The summed E-state index contributed by atoms with van der Waals surface area (Å²) in [5.41, 5.74) is 5.15. The molecule has 1 atom stereocenters. The maximum Gasteiger partial charge on any atom is 0.0464 e. The number of hydrazine groups is 1. The molecule has 0 saturated carbocycles. The van der Waals surface area contributed by atoms with E-state index in [4.69, 9.17) is 5.84 Å². The number of hydrogen-bond acceptors (Lipinski definition) is 3. The Bertz CT molecular complexity index is 282. The lowest BCUT2D eigenvalue weighted by Crippen LogP contribution is -2.28. The summed E-state index contributed by atoms with van der Waals surface area (Å²) in [6, 6.07) is 4.14. The van der Waals surface area contributed by atoms with Crippen molar-refractivity contribution in [3.05, 3.63) is 42.2 Å². The van der Waals surface area contributed by atoms with Gasteiger partial charge in [-0.15, -0.1) is 6.58 Å². The SMILES string of the molecule is C=C(C)CCC(NN)c1ccncc1. The van der Waals surface area contributed by atoms with Crippen LogP contribution in [0.15, 0.2) is 36.7 Å². The number of nitrogens with two attached hydrogens (primary N) is 1. The van der Waals surface area contributed by atoms with Crippen LogP contribution in [0.5, 0.6) is 0 Å². The van der Waals surface area contributed by atoms with Gasteiger partial charge in [0.1, 0.15) is 0 Å². The van der Waals surface area contributed by atoms with E-state index in [9.17, 15) is 0 Å². The minimum absolute atomic E-state index is 0.190. The van der Waals surface area contributed by atoms with Crippen molar-refractivity contribution < 1.29 is 0 Å². The molecule has 0 radical (unpaired) electrons. The van der Waals surface area contributed by atoms with Gasteiger partial charge in [-0.05, 0) is 37.5 Å². The number of rotatable bonds is 5. The van der Waals surface area contributed by atoms with Crippen LogP contribution in [0.4, 0.5) is 0 Å². The van der Waals surface area contributed by atoms with Gasteiger partial charge < -0.3 is 0 Å². The van der Waals surface area contributed by atoms with Gasteiger partial charge in [0, 0.05) is 18.4 Å². The normalized spacial score (nSPS) is 12.4. The number of pyridine rings is 1. The number of nitrogens with zero attached hydrogens (tertiary/aromatic N) is 1. The molecule has 3 nitrogen and oxygen atoms in total. The molecule has 76 valence electrons. The van der Waals surface area contributed by atoms with Crippen LogP contribution in [0.25, 0.3) is 0 Å². The molecule has 1 aromatic rings. The topological polar surface area (TPSA) is 50.9 Å². The highest BCUT2D eigenvalue weighted by Gasteiger charge is 2.08. The zero-order valence-electron chi connectivity index (χ0n) is 8.53. The first kappa shape index (κ1) is 10.9. The average Bonchev–Trinajstić information content (AvgIpc) is 2.20. The Morgan fingerprint density at radius 3 is 2.71 bits per heavy atom. The molecular formula is C11H17N3. The molecular weight excluding hydrogens is 174 g/mol. The Kier molecular flexibility index (Phi) is 4.29. The number of nitrogens with one attached hydrogen (secondary N) is 1. The summed E-state index contributed by atoms with van der Waals surface area (Å²) in [4.78, 5) is 3.97. The molecule has 0 aromatic carbocycles. The van der Waals surface area contributed by atoms with Gasteiger partial charge in [0.2, 0.25) is 0 Å². The summed E-state index contributed by atoms with van der Waals surface area (Å²) in [6.45, 7) is 5.90. The molecule has 1 rings (SSSR count). The van der Waals surface area contributed by atoms with Gasteiger partial charge in [-0.1, -0.05) is 5.57 Å². The molecule has 1 unspecified atom stereocenters. The molecule has 1 aromatic heterocycles. The van der Waals surface area contributed by atoms with Crippen molar-refractivity contribution in [3.63, 3.8) is 0 Å². The van der Waals surface area contributed by atoms with E-state index in [-0.39, 0.29) is 6.04 Å². The molecule has 0 aliphatic heterocycles. The summed E-state index contributed by atoms with van der Waals surface area (Å²) in [5.74, 6) is 5.49. The van der Waals surface area contributed by atoms with Crippen molar-refractivity contribution in [2.45, 2.75) is 25.8 Å². The Balaban J connectivity index is 2.58. The summed E-state index contributed by atoms with van der Waals surface area (Å²) in [6.07, 6.45) is 5.51. The van der Waals surface area contributed by atoms with Crippen LogP contribution >= 0.6 is 0 Å². The summed E-state index contributed by atoms with van der Waals surface area (Å²) >= 11 is 0. The van der Waals surface area contributed by atoms with Gasteiger partial charge in [-0.3, -0.25) is 16.3 Å². The Hall–Kier alpha value is -1.19. The highest BCUT2D eigenvalue weighted by molar-refractivity contribution is 5.15. The predicted octanol–water partition coefficient (Wildman–Crippen LogP) is 1.94. The Morgan fingerprint density at radius 2 is 2.21 bits per heavy atom. The van der Waals surface area contributed by atoms with Gasteiger partial charge in [0.05, 0.1) is 0 Å². The maximum atomic E-state index is 5.49. The molecule has 0 fully saturated rings. The first-order valence-corrected chi connectivity index (χ1v) is 4.74. The van der Waals surface area contributed by atoms with E-state index in [1.54, 1.807) is 12.4 Å². The molecule has 0 bridgehead atoms. The summed E-state index contributed by atoms with van der Waals surface area (Å²) < 4.78 is 0. The molecule has 1 heterocycles. The first-order valence-electron chi connectivity index (χ1n) is 4.74. The monoisotopic (exact) mass is 191 g/mol. The third-order valence-corrected chi connectivity index (χ3v) is 2.17. The quantitative estimate of drug-likeness (QED) is 0.425. The largest absolute Gasteiger partial charge is 0.271 e. The van der Waals surface area contributed by atoms with Crippen molar-refractivity contribution >= 4 is 0 Å². The summed E-state index contributed by atoms with van der Waals surface area (Å²) in [7, 11) is 0. The van der Waals surface area contributed by atoms with E-state index < -0.39 is 0 Å². The molecule has 0 aliphatic carbocycles. The zero-order valence-corrected chi connectivity index (χ0v) is 8.53. The number of aromatic nitrogens is 1. The van der Waals surface area contributed by atoms with Gasteiger partial charge in [0.25, 0.3) is 0 Å². The second-order valence-electron chi connectivity index (χ2n) is 3.50. The fourth-order valence-electron chi connectivity index (χ4n) is 1.33. The van der Waals surface area contributed by atoms with Crippen LogP contribution in [0.3, 0.4) is 0 Å². The van der Waals surface area contributed by atoms with Crippen molar-refractivity contribution in [2.24, 2.45) is 5.84 Å². The lowest BCUT2D eigenvalue weighted by molar-refractivity contribution is 0.515.